The second kappa shape index (κ2) is 4.92. The van der Waals surface area contributed by atoms with E-state index in [1.165, 1.54) is 12.1 Å². The Morgan fingerprint density at radius 3 is 2.38 bits per heavy atom. The first-order chi connectivity index (χ1) is 10.1. The van der Waals surface area contributed by atoms with E-state index in [0.29, 0.717) is 27.2 Å². The van der Waals surface area contributed by atoms with Crippen LogP contribution in [-0.2, 0) is 0 Å². The van der Waals surface area contributed by atoms with E-state index < -0.39 is 16.7 Å². The van der Waals surface area contributed by atoms with Gasteiger partial charge in [0, 0.05) is 34.5 Å². The third-order valence-electron chi connectivity index (χ3n) is 3.47. The van der Waals surface area contributed by atoms with Crippen molar-refractivity contribution in [1.82, 2.24) is 4.90 Å². The van der Waals surface area contributed by atoms with Crippen molar-refractivity contribution in [1.29, 1.82) is 0 Å². The maximum absolute atomic E-state index is 12.4. The number of carbonyl (C=O) groups is 2. The minimum atomic E-state index is -0.511. The van der Waals surface area contributed by atoms with Gasteiger partial charge in [-0.05, 0) is 18.2 Å². The number of alkyl halides is 1. The maximum Gasteiger partial charge on any atom is 0.277 e. The van der Waals surface area contributed by atoms with Crippen LogP contribution in [0.3, 0.4) is 0 Å². The number of benzene rings is 2. The normalized spacial score (nSPS) is 13.9. The molecule has 1 heterocycles. The van der Waals surface area contributed by atoms with Crippen molar-refractivity contribution in [3.63, 3.8) is 0 Å². The van der Waals surface area contributed by atoms with Crippen LogP contribution in [0, 0.1) is 10.1 Å². The predicted molar refractivity (Wildman–Crippen MR) is 79.8 cm³/mol. The summed E-state index contributed by atoms with van der Waals surface area (Å²) < 4.78 is 0. The van der Waals surface area contributed by atoms with Crippen LogP contribution in [0.1, 0.15) is 20.7 Å². The summed E-state index contributed by atoms with van der Waals surface area (Å²) in [6, 6.07) is 7.46. The van der Waals surface area contributed by atoms with Gasteiger partial charge in [0.05, 0.1) is 10.3 Å². The van der Waals surface area contributed by atoms with E-state index in [9.17, 15) is 19.7 Å². The highest BCUT2D eigenvalue weighted by molar-refractivity contribution is 9.09. The maximum atomic E-state index is 12.4. The zero-order valence-electron chi connectivity index (χ0n) is 10.7. The fraction of sp³-hybridized carbons (Fsp3) is 0.143. The lowest BCUT2D eigenvalue weighted by Gasteiger charge is -2.26. The molecule has 0 N–H and O–H groups in total. The minimum absolute atomic E-state index is 0.106. The van der Waals surface area contributed by atoms with Gasteiger partial charge in [-0.2, -0.15) is 0 Å². The average Bonchev–Trinajstić information content (AvgIpc) is 2.48. The third kappa shape index (κ3) is 1.92. The molecule has 21 heavy (non-hydrogen) atoms. The molecular formula is C14H9BrN2O4. The van der Waals surface area contributed by atoms with Crippen molar-refractivity contribution in [2.75, 3.05) is 11.9 Å². The Bertz CT molecular complexity index is 781. The fourth-order valence-electron chi connectivity index (χ4n) is 2.58. The van der Waals surface area contributed by atoms with Crippen LogP contribution in [0.15, 0.2) is 30.3 Å². The molecule has 1 aliphatic heterocycles. The summed E-state index contributed by atoms with van der Waals surface area (Å²) in [5.41, 5.74) is 0.545. The van der Waals surface area contributed by atoms with E-state index in [1.807, 2.05) is 0 Å². The van der Waals surface area contributed by atoms with Crippen LogP contribution < -0.4 is 0 Å². The fourth-order valence-corrected chi connectivity index (χ4v) is 2.93. The molecule has 2 aromatic rings. The molecule has 0 saturated carbocycles. The number of amides is 2. The van der Waals surface area contributed by atoms with E-state index in [4.69, 9.17) is 0 Å². The number of nitro benzene ring substituents is 1. The minimum Gasteiger partial charge on any atom is -0.274 e. The molecule has 1 aliphatic rings. The van der Waals surface area contributed by atoms with Crippen LogP contribution in [0.2, 0.25) is 0 Å². The first-order valence-corrected chi connectivity index (χ1v) is 7.30. The molecule has 0 radical (unpaired) electrons. The molecular weight excluding hydrogens is 340 g/mol. The molecule has 0 fully saturated rings. The molecule has 0 aromatic heterocycles. The van der Waals surface area contributed by atoms with Gasteiger partial charge in [0.2, 0.25) is 0 Å². The van der Waals surface area contributed by atoms with Crippen LogP contribution in [0.4, 0.5) is 5.69 Å². The van der Waals surface area contributed by atoms with Crippen molar-refractivity contribution in [3.8, 4) is 0 Å². The number of hydrogen-bond acceptors (Lipinski definition) is 4. The molecule has 0 saturated heterocycles. The van der Waals surface area contributed by atoms with E-state index in [0.717, 1.165) is 4.90 Å². The Morgan fingerprint density at radius 1 is 1.10 bits per heavy atom. The van der Waals surface area contributed by atoms with Gasteiger partial charge in [-0.15, -0.1) is 0 Å². The van der Waals surface area contributed by atoms with Crippen molar-refractivity contribution in [2.24, 2.45) is 0 Å². The largest absolute Gasteiger partial charge is 0.277 e. The molecule has 3 rings (SSSR count). The first-order valence-electron chi connectivity index (χ1n) is 6.18. The number of imide groups is 1. The van der Waals surface area contributed by atoms with E-state index >= 15 is 0 Å². The molecule has 0 aliphatic carbocycles. The predicted octanol–water partition coefficient (Wildman–Crippen LogP) is 2.74. The Labute approximate surface area is 127 Å². The zero-order chi connectivity index (χ0) is 15.1. The lowest BCUT2D eigenvalue weighted by molar-refractivity contribution is -0.383. The molecule has 0 bridgehead atoms. The van der Waals surface area contributed by atoms with Gasteiger partial charge >= 0.3 is 0 Å². The number of non-ortho nitro benzene ring substituents is 1. The van der Waals surface area contributed by atoms with Crippen LogP contribution in [0.25, 0.3) is 10.8 Å². The highest BCUT2D eigenvalue weighted by Crippen LogP contribution is 2.35. The van der Waals surface area contributed by atoms with Gasteiger partial charge in [-0.3, -0.25) is 24.6 Å². The average molecular weight is 349 g/mol. The van der Waals surface area contributed by atoms with E-state index in [-0.39, 0.29) is 12.2 Å². The van der Waals surface area contributed by atoms with Gasteiger partial charge in [0.25, 0.3) is 17.5 Å². The quantitative estimate of drug-likeness (QED) is 0.369. The van der Waals surface area contributed by atoms with Gasteiger partial charge in [0.1, 0.15) is 0 Å². The Morgan fingerprint density at radius 2 is 1.76 bits per heavy atom. The number of halogens is 1. The molecule has 2 aromatic carbocycles. The molecule has 6 nitrogen and oxygen atoms in total. The Balaban J connectivity index is 2.36. The van der Waals surface area contributed by atoms with Gasteiger partial charge in [0.15, 0.2) is 0 Å². The highest BCUT2D eigenvalue weighted by atomic mass is 79.9. The van der Waals surface area contributed by atoms with Gasteiger partial charge in [-0.1, -0.05) is 22.0 Å². The molecule has 7 heteroatoms. The van der Waals surface area contributed by atoms with Crippen molar-refractivity contribution >= 4 is 44.2 Å². The standard InChI is InChI=1S/C14H9BrN2O4/c15-6-7-16-13(18)9-3-1-2-8-11(17(20)21)5-4-10(12(8)9)14(16)19/h1-5H,6-7H2. The molecule has 0 spiro atoms. The van der Waals surface area contributed by atoms with Gasteiger partial charge in [-0.25, -0.2) is 0 Å². The number of hydrogen-bond donors (Lipinski definition) is 0. The number of nitrogens with zero attached hydrogens (tertiary/aromatic N) is 2. The van der Waals surface area contributed by atoms with E-state index in [1.54, 1.807) is 18.2 Å². The number of carbonyl (C=O) groups excluding carboxylic acids is 2. The van der Waals surface area contributed by atoms with Crippen molar-refractivity contribution in [3.05, 3.63) is 51.6 Å². The highest BCUT2D eigenvalue weighted by Gasteiger charge is 2.33. The second-order valence-corrected chi connectivity index (χ2v) is 5.36. The lowest BCUT2D eigenvalue weighted by atomic mass is 9.93. The van der Waals surface area contributed by atoms with Crippen molar-refractivity contribution < 1.29 is 14.5 Å². The Hall–Kier alpha value is -2.28. The molecule has 0 unspecified atom stereocenters. The van der Waals surface area contributed by atoms with Gasteiger partial charge < -0.3 is 0 Å². The monoisotopic (exact) mass is 348 g/mol. The Kier molecular flexibility index (Phi) is 3.21. The summed E-state index contributed by atoms with van der Waals surface area (Å²) in [7, 11) is 0. The number of nitro groups is 1. The van der Waals surface area contributed by atoms with Crippen LogP contribution in [-0.4, -0.2) is 33.5 Å². The van der Waals surface area contributed by atoms with E-state index in [2.05, 4.69) is 15.9 Å². The number of rotatable bonds is 3. The molecule has 0 atom stereocenters. The SMILES string of the molecule is O=C1c2cccc3c([N+](=O)[O-])ccc(c23)C(=O)N1CCBr. The summed E-state index contributed by atoms with van der Waals surface area (Å²) in [5, 5.41) is 12.3. The molecule has 2 amide bonds. The molecule has 106 valence electrons. The van der Waals surface area contributed by atoms with Crippen LogP contribution in [0.5, 0.6) is 0 Å². The topological polar surface area (TPSA) is 80.5 Å². The zero-order valence-corrected chi connectivity index (χ0v) is 12.3. The summed E-state index contributed by atoms with van der Waals surface area (Å²) in [4.78, 5) is 36.5. The summed E-state index contributed by atoms with van der Waals surface area (Å²) in [6.07, 6.45) is 0. The smallest absolute Gasteiger partial charge is 0.274 e. The van der Waals surface area contributed by atoms with Crippen LogP contribution >= 0.6 is 15.9 Å². The second-order valence-electron chi connectivity index (χ2n) is 4.57. The lowest BCUT2D eigenvalue weighted by Crippen LogP contribution is -2.41. The van der Waals surface area contributed by atoms with Crippen molar-refractivity contribution in [2.45, 2.75) is 0 Å². The first kappa shape index (κ1) is 13.7. The summed E-state index contributed by atoms with van der Waals surface area (Å²) in [5.74, 6) is -0.837. The third-order valence-corrected chi connectivity index (χ3v) is 3.83. The summed E-state index contributed by atoms with van der Waals surface area (Å²) >= 11 is 3.21. The summed E-state index contributed by atoms with van der Waals surface area (Å²) in [6.45, 7) is 0.254.